The minimum Gasteiger partial charge on any atom is -0.480 e. The van der Waals surface area contributed by atoms with E-state index < -0.39 is 0 Å². The Bertz CT molecular complexity index is 844. The van der Waals surface area contributed by atoms with Crippen LogP contribution in [0.3, 0.4) is 0 Å². The number of amides is 1. The lowest BCUT2D eigenvalue weighted by molar-refractivity contribution is -0.119. The number of hydrogen-bond acceptors (Lipinski definition) is 5. The number of nitrogens with zero attached hydrogens (tertiary/aromatic N) is 3. The molecule has 0 aliphatic carbocycles. The maximum absolute atomic E-state index is 11.6. The zero-order valence-electron chi connectivity index (χ0n) is 12.8. The summed E-state index contributed by atoms with van der Waals surface area (Å²) in [7, 11) is 3.05. The zero-order chi connectivity index (χ0) is 16.2. The largest absolute Gasteiger partial charge is 0.480 e. The number of fused-ring (bicyclic) bond motifs is 1. The number of carbonyl (C=O) groups is 1. The summed E-state index contributed by atoms with van der Waals surface area (Å²) in [6, 6.07) is 11.0. The van der Waals surface area contributed by atoms with Crippen molar-refractivity contribution in [2.24, 2.45) is 0 Å². The van der Waals surface area contributed by atoms with Gasteiger partial charge in [-0.15, -0.1) is 5.10 Å². The Labute approximate surface area is 132 Å². The van der Waals surface area contributed by atoms with E-state index in [4.69, 9.17) is 9.47 Å². The summed E-state index contributed by atoms with van der Waals surface area (Å²) >= 11 is 0. The molecule has 118 valence electrons. The molecule has 0 unspecified atom stereocenters. The van der Waals surface area contributed by atoms with E-state index in [1.165, 1.54) is 7.11 Å². The fraction of sp³-hybridized carbons (Fsp3) is 0.188. The van der Waals surface area contributed by atoms with Crippen molar-refractivity contribution in [3.05, 3.63) is 42.6 Å². The van der Waals surface area contributed by atoms with Crippen molar-refractivity contribution in [3.63, 3.8) is 0 Å². The Balaban J connectivity index is 1.90. The SMILES string of the molecule is COCC(=O)Nc1cccc(-c2cn3nc(OC)ccc3n2)c1. The van der Waals surface area contributed by atoms with Gasteiger partial charge in [0.15, 0.2) is 5.65 Å². The number of aromatic nitrogens is 3. The van der Waals surface area contributed by atoms with Crippen LogP contribution in [0.2, 0.25) is 0 Å². The van der Waals surface area contributed by atoms with Crippen LogP contribution in [0, 0.1) is 0 Å². The fourth-order valence-corrected chi connectivity index (χ4v) is 2.20. The van der Waals surface area contributed by atoms with Crippen molar-refractivity contribution in [1.29, 1.82) is 0 Å². The third kappa shape index (κ3) is 3.29. The molecule has 7 nitrogen and oxygen atoms in total. The highest BCUT2D eigenvalue weighted by molar-refractivity contribution is 5.92. The van der Waals surface area contributed by atoms with E-state index in [0.717, 1.165) is 16.9 Å². The summed E-state index contributed by atoms with van der Waals surface area (Å²) in [5.74, 6) is 0.313. The molecule has 1 amide bonds. The molecule has 2 heterocycles. The van der Waals surface area contributed by atoms with Gasteiger partial charge in [-0.3, -0.25) is 4.79 Å². The highest BCUT2D eigenvalue weighted by Gasteiger charge is 2.08. The first kappa shape index (κ1) is 15.0. The highest BCUT2D eigenvalue weighted by Crippen LogP contribution is 2.22. The number of anilines is 1. The number of ether oxygens (including phenoxy) is 2. The van der Waals surface area contributed by atoms with E-state index in [2.05, 4.69) is 15.4 Å². The Hall–Kier alpha value is -2.93. The van der Waals surface area contributed by atoms with Crippen molar-refractivity contribution in [2.45, 2.75) is 0 Å². The maximum atomic E-state index is 11.6. The van der Waals surface area contributed by atoms with Crippen LogP contribution in [-0.2, 0) is 9.53 Å². The van der Waals surface area contributed by atoms with Crippen molar-refractivity contribution in [3.8, 4) is 17.1 Å². The number of rotatable bonds is 5. The van der Waals surface area contributed by atoms with Crippen LogP contribution in [0.25, 0.3) is 16.9 Å². The zero-order valence-corrected chi connectivity index (χ0v) is 12.8. The van der Waals surface area contributed by atoms with Gasteiger partial charge in [0.25, 0.3) is 0 Å². The van der Waals surface area contributed by atoms with Crippen molar-refractivity contribution < 1.29 is 14.3 Å². The van der Waals surface area contributed by atoms with Crippen LogP contribution in [0.4, 0.5) is 5.69 Å². The second-order valence-corrected chi connectivity index (χ2v) is 4.87. The van der Waals surface area contributed by atoms with Gasteiger partial charge in [-0.2, -0.15) is 0 Å². The van der Waals surface area contributed by atoms with Crippen LogP contribution >= 0.6 is 0 Å². The average Bonchev–Trinajstić information content (AvgIpc) is 2.98. The standard InChI is InChI=1S/C16H16N4O3/c1-22-10-15(21)17-12-5-3-4-11(8-12)13-9-20-14(18-13)6-7-16(19-20)23-2/h3-9H,10H2,1-2H3,(H,17,21). The monoisotopic (exact) mass is 312 g/mol. The summed E-state index contributed by atoms with van der Waals surface area (Å²) in [5.41, 5.74) is 3.04. The minimum absolute atomic E-state index is 0.0162. The van der Waals surface area contributed by atoms with Crippen LogP contribution in [0.15, 0.2) is 42.6 Å². The lowest BCUT2D eigenvalue weighted by atomic mass is 10.1. The first-order chi connectivity index (χ1) is 11.2. The molecule has 0 saturated carbocycles. The molecule has 0 aliphatic heterocycles. The highest BCUT2D eigenvalue weighted by atomic mass is 16.5. The smallest absolute Gasteiger partial charge is 0.250 e. The van der Waals surface area contributed by atoms with Crippen molar-refractivity contribution in [2.75, 3.05) is 26.1 Å². The molecule has 0 saturated heterocycles. The molecule has 7 heteroatoms. The van der Waals surface area contributed by atoms with E-state index in [1.54, 1.807) is 17.7 Å². The number of imidazole rings is 1. The average molecular weight is 312 g/mol. The van der Waals surface area contributed by atoms with Gasteiger partial charge < -0.3 is 14.8 Å². The molecule has 2 aromatic heterocycles. The lowest BCUT2D eigenvalue weighted by Crippen LogP contribution is -2.16. The maximum Gasteiger partial charge on any atom is 0.250 e. The number of carbonyl (C=O) groups excluding carboxylic acids is 1. The van der Waals surface area contributed by atoms with Gasteiger partial charge in [0.2, 0.25) is 11.8 Å². The van der Waals surface area contributed by atoms with Gasteiger partial charge in [0.05, 0.1) is 19.0 Å². The third-order valence-corrected chi connectivity index (χ3v) is 3.22. The Morgan fingerprint density at radius 3 is 2.91 bits per heavy atom. The molecular weight excluding hydrogens is 296 g/mol. The first-order valence-electron chi connectivity index (χ1n) is 6.99. The molecule has 0 radical (unpaired) electrons. The predicted molar refractivity (Wildman–Crippen MR) is 85.5 cm³/mol. The van der Waals surface area contributed by atoms with E-state index in [0.29, 0.717) is 11.6 Å². The van der Waals surface area contributed by atoms with Gasteiger partial charge in [-0.25, -0.2) is 9.50 Å². The Morgan fingerprint density at radius 2 is 2.13 bits per heavy atom. The van der Waals surface area contributed by atoms with Crippen LogP contribution < -0.4 is 10.1 Å². The van der Waals surface area contributed by atoms with E-state index in [9.17, 15) is 4.79 Å². The van der Waals surface area contributed by atoms with Gasteiger partial charge in [-0.1, -0.05) is 12.1 Å². The summed E-state index contributed by atoms with van der Waals surface area (Å²) in [5, 5.41) is 7.05. The van der Waals surface area contributed by atoms with E-state index >= 15 is 0 Å². The third-order valence-electron chi connectivity index (χ3n) is 3.22. The van der Waals surface area contributed by atoms with Crippen molar-refractivity contribution in [1.82, 2.24) is 14.6 Å². The second-order valence-electron chi connectivity index (χ2n) is 4.87. The first-order valence-corrected chi connectivity index (χ1v) is 6.99. The second kappa shape index (κ2) is 6.45. The van der Waals surface area contributed by atoms with Gasteiger partial charge in [-0.05, 0) is 18.2 Å². The molecule has 23 heavy (non-hydrogen) atoms. The molecule has 3 aromatic rings. The van der Waals surface area contributed by atoms with Crippen molar-refractivity contribution >= 4 is 17.2 Å². The molecule has 3 rings (SSSR count). The Kier molecular flexibility index (Phi) is 4.20. The van der Waals surface area contributed by atoms with Gasteiger partial charge >= 0.3 is 0 Å². The molecule has 0 atom stereocenters. The van der Waals surface area contributed by atoms with E-state index in [-0.39, 0.29) is 12.5 Å². The number of methoxy groups -OCH3 is 2. The summed E-state index contributed by atoms with van der Waals surface area (Å²) < 4.78 is 11.6. The van der Waals surface area contributed by atoms with Gasteiger partial charge in [0, 0.05) is 24.4 Å². The number of hydrogen-bond donors (Lipinski definition) is 1. The summed E-state index contributed by atoms with van der Waals surface area (Å²) in [4.78, 5) is 16.1. The quantitative estimate of drug-likeness (QED) is 0.779. The summed E-state index contributed by atoms with van der Waals surface area (Å²) in [6.45, 7) is 0.0162. The number of benzene rings is 1. The predicted octanol–water partition coefficient (Wildman–Crippen LogP) is 1.99. The van der Waals surface area contributed by atoms with Crippen LogP contribution in [0.5, 0.6) is 5.88 Å². The Morgan fingerprint density at radius 1 is 1.26 bits per heavy atom. The normalized spacial score (nSPS) is 10.7. The fourth-order valence-electron chi connectivity index (χ4n) is 2.20. The van der Waals surface area contributed by atoms with Crippen LogP contribution in [0.1, 0.15) is 0 Å². The van der Waals surface area contributed by atoms with Crippen LogP contribution in [-0.4, -0.2) is 41.3 Å². The minimum atomic E-state index is -0.203. The van der Waals surface area contributed by atoms with E-state index in [1.807, 2.05) is 36.5 Å². The molecule has 1 N–H and O–H groups in total. The topological polar surface area (TPSA) is 77.8 Å². The molecule has 1 aromatic carbocycles. The molecule has 0 fully saturated rings. The van der Waals surface area contributed by atoms with Gasteiger partial charge in [0.1, 0.15) is 6.61 Å². The molecule has 0 bridgehead atoms. The number of nitrogens with one attached hydrogen (secondary N) is 1. The summed E-state index contributed by atoms with van der Waals surface area (Å²) in [6.07, 6.45) is 1.81. The molecule has 0 spiro atoms. The molecular formula is C16H16N4O3. The molecule has 0 aliphatic rings. The lowest BCUT2D eigenvalue weighted by Gasteiger charge is -2.05.